The Morgan fingerprint density at radius 3 is 2.68 bits per heavy atom. The molecule has 4 rings (SSSR count). The Balaban J connectivity index is 1.78. The summed E-state index contributed by atoms with van der Waals surface area (Å²) in [6.45, 7) is 0. The summed E-state index contributed by atoms with van der Waals surface area (Å²) in [5, 5.41) is 9.95. The molecule has 2 aromatic heterocycles. The van der Waals surface area contributed by atoms with E-state index in [4.69, 9.17) is 13.9 Å². The maximum Gasteiger partial charge on any atom is 0.351 e. The molecule has 0 aliphatic rings. The molecule has 2 heterocycles. The summed E-state index contributed by atoms with van der Waals surface area (Å²) < 4.78 is 16.6. The number of rotatable bonds is 5. The monoisotopic (exact) mass is 376 g/mol. The van der Waals surface area contributed by atoms with Gasteiger partial charge in [-0.1, -0.05) is 30.3 Å². The molecule has 0 spiro atoms. The average Bonchev–Trinajstić information content (AvgIpc) is 3.17. The summed E-state index contributed by atoms with van der Waals surface area (Å²) in [6, 6.07) is 16.9. The number of hydrogen-bond acceptors (Lipinski definition) is 7. The first-order valence-electron chi connectivity index (χ1n) is 8.50. The number of aromatic nitrogens is 2. The van der Waals surface area contributed by atoms with Gasteiger partial charge >= 0.3 is 5.97 Å². The van der Waals surface area contributed by atoms with Crippen molar-refractivity contribution in [3.05, 3.63) is 72.4 Å². The van der Waals surface area contributed by atoms with E-state index in [1.165, 1.54) is 19.2 Å². The lowest BCUT2D eigenvalue weighted by Gasteiger charge is -2.18. The minimum atomic E-state index is -0.989. The van der Waals surface area contributed by atoms with Gasteiger partial charge in [-0.3, -0.25) is 0 Å². The number of carbonyl (C=O) groups is 1. The zero-order chi connectivity index (χ0) is 19.5. The summed E-state index contributed by atoms with van der Waals surface area (Å²) in [6.07, 6.45) is 0.619. The van der Waals surface area contributed by atoms with Crippen LogP contribution in [0.2, 0.25) is 0 Å². The Morgan fingerprint density at radius 2 is 1.93 bits per heavy atom. The summed E-state index contributed by atoms with van der Waals surface area (Å²) in [4.78, 5) is 20.8. The number of fused-ring (bicyclic) bond motifs is 1. The lowest BCUT2D eigenvalue weighted by molar-refractivity contribution is -0.149. The largest absolute Gasteiger partial charge is 0.508 e. The van der Waals surface area contributed by atoms with E-state index in [1.54, 1.807) is 48.7 Å². The van der Waals surface area contributed by atoms with Gasteiger partial charge in [-0.2, -0.15) is 4.98 Å². The van der Waals surface area contributed by atoms with Gasteiger partial charge in [0, 0.05) is 11.8 Å². The average molecular weight is 376 g/mol. The van der Waals surface area contributed by atoms with Gasteiger partial charge in [0.15, 0.2) is 11.2 Å². The second-order valence-corrected chi connectivity index (χ2v) is 5.96. The second kappa shape index (κ2) is 7.40. The number of ether oxygens (including phenoxy) is 2. The van der Waals surface area contributed by atoms with Gasteiger partial charge in [-0.15, -0.1) is 0 Å². The number of phenolic OH excluding ortho intramolecular Hbond substituents is 1. The molecule has 140 valence electrons. The van der Waals surface area contributed by atoms with E-state index in [-0.39, 0.29) is 11.6 Å². The molecule has 1 unspecified atom stereocenters. The van der Waals surface area contributed by atoms with E-state index in [2.05, 4.69) is 9.97 Å². The Hall–Kier alpha value is -3.87. The second-order valence-electron chi connectivity index (χ2n) is 5.96. The van der Waals surface area contributed by atoms with Gasteiger partial charge in [0.2, 0.25) is 12.0 Å². The predicted octanol–water partition coefficient (Wildman–Crippen LogP) is 3.89. The van der Waals surface area contributed by atoms with Gasteiger partial charge in [0.1, 0.15) is 11.5 Å². The highest BCUT2D eigenvalue weighted by atomic mass is 16.6. The van der Waals surface area contributed by atoms with E-state index < -0.39 is 12.1 Å². The summed E-state index contributed by atoms with van der Waals surface area (Å²) in [5.41, 5.74) is 1.95. The van der Waals surface area contributed by atoms with Crippen LogP contribution in [0.15, 0.2) is 71.3 Å². The van der Waals surface area contributed by atoms with Crippen molar-refractivity contribution in [1.82, 2.24) is 9.97 Å². The van der Waals surface area contributed by atoms with Gasteiger partial charge in [-0.25, -0.2) is 9.78 Å². The van der Waals surface area contributed by atoms with Crippen LogP contribution >= 0.6 is 0 Å². The van der Waals surface area contributed by atoms with Crippen LogP contribution in [0.4, 0.5) is 0 Å². The molecular weight excluding hydrogens is 360 g/mol. The number of oxazole rings is 1. The minimum absolute atomic E-state index is 0.00638. The van der Waals surface area contributed by atoms with E-state index in [1.807, 2.05) is 6.07 Å². The number of methoxy groups -OCH3 is 1. The maximum absolute atomic E-state index is 12.3. The van der Waals surface area contributed by atoms with Crippen molar-refractivity contribution in [2.45, 2.75) is 6.10 Å². The van der Waals surface area contributed by atoms with Crippen LogP contribution in [-0.4, -0.2) is 28.2 Å². The quantitative estimate of drug-likeness (QED) is 0.528. The number of benzene rings is 2. The molecule has 0 bridgehead atoms. The Kier molecular flexibility index (Phi) is 4.63. The normalized spacial score (nSPS) is 11.9. The molecule has 0 aliphatic heterocycles. The first kappa shape index (κ1) is 17.5. The van der Waals surface area contributed by atoms with Crippen LogP contribution in [0.3, 0.4) is 0 Å². The molecule has 0 saturated heterocycles. The molecule has 2 aromatic carbocycles. The van der Waals surface area contributed by atoms with Crippen LogP contribution in [-0.2, 0) is 9.53 Å². The smallest absolute Gasteiger partial charge is 0.351 e. The van der Waals surface area contributed by atoms with Gasteiger partial charge in [0.25, 0.3) is 0 Å². The highest BCUT2D eigenvalue weighted by molar-refractivity contribution is 5.78. The van der Waals surface area contributed by atoms with E-state index in [0.717, 1.165) is 0 Å². The van der Waals surface area contributed by atoms with Gasteiger partial charge in [0.05, 0.1) is 12.7 Å². The van der Waals surface area contributed by atoms with Crippen LogP contribution < -0.4 is 4.74 Å². The van der Waals surface area contributed by atoms with Crippen molar-refractivity contribution >= 4 is 17.2 Å². The maximum atomic E-state index is 12.3. The molecule has 0 amide bonds. The SMILES string of the molecule is COC(=O)C(Oc1ccc(O)cc1-c1nc2ncccc2o1)c1ccccc1. The number of nitrogens with zero attached hydrogens (tertiary/aromatic N) is 2. The number of phenols is 1. The Morgan fingerprint density at radius 1 is 1.11 bits per heavy atom. The summed E-state index contributed by atoms with van der Waals surface area (Å²) in [7, 11) is 1.30. The van der Waals surface area contributed by atoms with Crippen molar-refractivity contribution in [3.8, 4) is 23.0 Å². The number of hydrogen-bond donors (Lipinski definition) is 1. The molecular formula is C21H16N2O5. The zero-order valence-electron chi connectivity index (χ0n) is 14.9. The lowest BCUT2D eigenvalue weighted by atomic mass is 10.1. The third kappa shape index (κ3) is 3.37. The zero-order valence-corrected chi connectivity index (χ0v) is 14.9. The van der Waals surface area contributed by atoms with Crippen LogP contribution in [0.1, 0.15) is 11.7 Å². The van der Waals surface area contributed by atoms with Crippen LogP contribution in [0.25, 0.3) is 22.7 Å². The number of esters is 1. The van der Waals surface area contributed by atoms with Crippen molar-refractivity contribution in [2.75, 3.05) is 7.11 Å². The molecule has 1 N–H and O–H groups in total. The number of aromatic hydroxyl groups is 1. The van der Waals surface area contributed by atoms with Gasteiger partial charge in [-0.05, 0) is 30.3 Å². The molecule has 0 aliphatic carbocycles. The van der Waals surface area contributed by atoms with Gasteiger partial charge < -0.3 is 19.0 Å². The molecule has 7 heteroatoms. The highest BCUT2D eigenvalue weighted by Crippen LogP contribution is 2.36. The first-order chi connectivity index (χ1) is 13.7. The van der Waals surface area contributed by atoms with E-state index >= 15 is 0 Å². The van der Waals surface area contributed by atoms with Crippen molar-refractivity contribution in [1.29, 1.82) is 0 Å². The third-order valence-corrected chi connectivity index (χ3v) is 4.12. The van der Waals surface area contributed by atoms with Crippen molar-refractivity contribution in [3.63, 3.8) is 0 Å². The van der Waals surface area contributed by atoms with Crippen LogP contribution in [0.5, 0.6) is 11.5 Å². The Bertz CT molecular complexity index is 1090. The summed E-state index contributed by atoms with van der Waals surface area (Å²) >= 11 is 0. The Labute approximate surface area is 160 Å². The minimum Gasteiger partial charge on any atom is -0.508 e. The number of pyridine rings is 1. The molecule has 0 saturated carbocycles. The van der Waals surface area contributed by atoms with Crippen molar-refractivity contribution < 1.29 is 23.8 Å². The molecule has 28 heavy (non-hydrogen) atoms. The molecule has 7 nitrogen and oxygen atoms in total. The molecule has 0 fully saturated rings. The lowest BCUT2D eigenvalue weighted by Crippen LogP contribution is -2.20. The highest BCUT2D eigenvalue weighted by Gasteiger charge is 2.26. The first-order valence-corrected chi connectivity index (χ1v) is 8.50. The molecule has 4 aromatic rings. The standard InChI is InChI=1S/C21H16N2O5/c1-26-21(25)18(13-6-3-2-4-7-13)27-16-10-9-14(24)12-15(16)20-23-19-17(28-20)8-5-11-22-19/h2-12,18,24H,1H3. The topological polar surface area (TPSA) is 94.7 Å². The molecule has 0 radical (unpaired) electrons. The fourth-order valence-electron chi connectivity index (χ4n) is 2.79. The van der Waals surface area contributed by atoms with E-state index in [0.29, 0.717) is 28.1 Å². The molecule has 1 atom stereocenters. The predicted molar refractivity (Wildman–Crippen MR) is 101 cm³/mol. The third-order valence-electron chi connectivity index (χ3n) is 4.12. The fraction of sp³-hybridized carbons (Fsp3) is 0.0952. The van der Waals surface area contributed by atoms with Crippen molar-refractivity contribution in [2.24, 2.45) is 0 Å². The van der Waals surface area contributed by atoms with Crippen LogP contribution in [0, 0.1) is 0 Å². The fourth-order valence-corrected chi connectivity index (χ4v) is 2.79. The number of carbonyl (C=O) groups excluding carboxylic acids is 1. The van der Waals surface area contributed by atoms with E-state index in [9.17, 15) is 9.90 Å². The summed E-state index contributed by atoms with van der Waals surface area (Å²) in [5.74, 6) is -0.0174.